The first-order valence-electron chi connectivity index (χ1n) is 5.22. The highest BCUT2D eigenvalue weighted by atomic mass is 79.9. The number of carbonyl (C=O) groups excluding carboxylic acids is 2. The summed E-state index contributed by atoms with van der Waals surface area (Å²) in [5.74, 6) is -0.655. The minimum absolute atomic E-state index is 0.173. The van der Waals surface area contributed by atoms with Crippen molar-refractivity contribution in [1.29, 1.82) is 0 Å². The van der Waals surface area contributed by atoms with Crippen molar-refractivity contribution in [3.05, 3.63) is 33.8 Å². The van der Waals surface area contributed by atoms with Gasteiger partial charge >= 0.3 is 5.97 Å². The summed E-state index contributed by atoms with van der Waals surface area (Å²) in [4.78, 5) is 22.5. The molecule has 1 aromatic rings. The molecule has 1 rings (SSSR count). The van der Waals surface area contributed by atoms with Gasteiger partial charge in [-0.15, -0.1) is 0 Å². The number of benzene rings is 1. The van der Waals surface area contributed by atoms with Gasteiger partial charge < -0.3 is 10.1 Å². The van der Waals surface area contributed by atoms with Gasteiger partial charge in [-0.2, -0.15) is 0 Å². The normalized spacial score (nSPS) is 11.8. The van der Waals surface area contributed by atoms with E-state index in [1.54, 1.807) is 6.07 Å². The topological polar surface area (TPSA) is 55.4 Å². The predicted octanol–water partition coefficient (Wildman–Crippen LogP) is 2.42. The summed E-state index contributed by atoms with van der Waals surface area (Å²) < 4.78 is 5.26. The molecule has 0 saturated carbocycles. The molecule has 4 nitrogen and oxygen atoms in total. The lowest BCUT2D eigenvalue weighted by atomic mass is 10.1. The number of hydrogen-bond acceptors (Lipinski definition) is 3. The number of nitrogens with one attached hydrogen (secondary N) is 1. The Morgan fingerprint density at radius 3 is 2.72 bits per heavy atom. The van der Waals surface area contributed by atoms with Gasteiger partial charge in [-0.3, -0.25) is 9.59 Å². The van der Waals surface area contributed by atoms with E-state index in [0.29, 0.717) is 5.56 Å². The molecule has 1 aromatic carbocycles. The average Bonchev–Trinajstić information content (AvgIpc) is 2.37. The molecule has 0 heterocycles. The number of aryl methyl sites for hydroxylation is 1. The van der Waals surface area contributed by atoms with Gasteiger partial charge in [-0.1, -0.05) is 27.6 Å². The summed E-state index contributed by atoms with van der Waals surface area (Å²) in [6.07, 6.45) is 0. The number of esters is 1. The number of methoxy groups -OCH3 is 1. The summed E-state index contributed by atoms with van der Waals surface area (Å²) in [6, 6.07) is 5.50. The SMILES string of the molecule is COC(=O)C(Br)CNC(=O)c1cc(C)ccc1Br. The second kappa shape index (κ2) is 6.89. The molecule has 0 aromatic heterocycles. The van der Waals surface area contributed by atoms with Crippen LogP contribution < -0.4 is 5.32 Å². The number of rotatable bonds is 4. The highest BCUT2D eigenvalue weighted by Crippen LogP contribution is 2.18. The van der Waals surface area contributed by atoms with Gasteiger partial charge in [-0.05, 0) is 35.0 Å². The lowest BCUT2D eigenvalue weighted by Crippen LogP contribution is -2.34. The quantitative estimate of drug-likeness (QED) is 0.646. The van der Waals surface area contributed by atoms with Crippen molar-refractivity contribution < 1.29 is 14.3 Å². The largest absolute Gasteiger partial charge is 0.468 e. The van der Waals surface area contributed by atoms with Crippen LogP contribution in [0, 0.1) is 6.92 Å². The number of carbonyl (C=O) groups is 2. The molecule has 0 spiro atoms. The van der Waals surface area contributed by atoms with Crippen LogP contribution in [0.25, 0.3) is 0 Å². The van der Waals surface area contributed by atoms with Gasteiger partial charge in [0.05, 0.1) is 12.7 Å². The van der Waals surface area contributed by atoms with Gasteiger partial charge in [0.25, 0.3) is 5.91 Å². The summed E-state index contributed by atoms with van der Waals surface area (Å²) in [7, 11) is 1.30. The summed E-state index contributed by atoms with van der Waals surface area (Å²) in [5, 5.41) is 2.67. The predicted molar refractivity (Wildman–Crippen MR) is 75.9 cm³/mol. The Bertz CT molecular complexity index is 463. The zero-order chi connectivity index (χ0) is 13.7. The van der Waals surface area contributed by atoms with Crippen LogP contribution in [0.1, 0.15) is 15.9 Å². The van der Waals surface area contributed by atoms with E-state index >= 15 is 0 Å². The van der Waals surface area contributed by atoms with E-state index in [-0.39, 0.29) is 12.5 Å². The van der Waals surface area contributed by atoms with Crippen molar-refractivity contribution in [2.45, 2.75) is 11.8 Å². The highest BCUT2D eigenvalue weighted by Gasteiger charge is 2.17. The van der Waals surface area contributed by atoms with E-state index in [1.165, 1.54) is 7.11 Å². The zero-order valence-corrected chi connectivity index (χ0v) is 13.2. The van der Waals surface area contributed by atoms with Crippen LogP contribution in [0.3, 0.4) is 0 Å². The van der Waals surface area contributed by atoms with Crippen molar-refractivity contribution in [2.75, 3.05) is 13.7 Å². The van der Waals surface area contributed by atoms with Crippen molar-refractivity contribution in [3.8, 4) is 0 Å². The Morgan fingerprint density at radius 1 is 1.44 bits per heavy atom. The Balaban J connectivity index is 2.66. The second-order valence-corrected chi connectivity index (χ2v) is 5.64. The molecule has 98 valence electrons. The first-order valence-corrected chi connectivity index (χ1v) is 6.93. The lowest BCUT2D eigenvalue weighted by Gasteiger charge is -2.10. The number of ether oxygens (including phenoxy) is 1. The third kappa shape index (κ3) is 4.10. The molecule has 0 radical (unpaired) electrons. The molecular weight excluding hydrogens is 366 g/mol. The molecule has 0 fully saturated rings. The molecule has 1 unspecified atom stereocenters. The fraction of sp³-hybridized carbons (Fsp3) is 0.333. The number of hydrogen-bond donors (Lipinski definition) is 1. The Kier molecular flexibility index (Phi) is 5.81. The Hall–Kier alpha value is -0.880. The van der Waals surface area contributed by atoms with Gasteiger partial charge in [0.2, 0.25) is 0 Å². The highest BCUT2D eigenvalue weighted by molar-refractivity contribution is 9.10. The summed E-state index contributed by atoms with van der Waals surface area (Å²) >= 11 is 6.45. The average molecular weight is 379 g/mol. The zero-order valence-electron chi connectivity index (χ0n) is 10.00. The van der Waals surface area contributed by atoms with Crippen LogP contribution in [-0.2, 0) is 9.53 Å². The second-order valence-electron chi connectivity index (χ2n) is 3.68. The molecular formula is C12H13Br2NO3. The van der Waals surface area contributed by atoms with E-state index in [9.17, 15) is 9.59 Å². The molecule has 1 N–H and O–H groups in total. The standard InChI is InChI=1S/C12H13Br2NO3/c1-7-3-4-9(13)8(5-7)11(16)15-6-10(14)12(17)18-2/h3-5,10H,6H2,1-2H3,(H,15,16). The van der Waals surface area contributed by atoms with E-state index in [0.717, 1.165) is 10.0 Å². The van der Waals surface area contributed by atoms with Crippen LogP contribution in [0.5, 0.6) is 0 Å². The van der Waals surface area contributed by atoms with Crippen LogP contribution >= 0.6 is 31.9 Å². The maximum absolute atomic E-state index is 11.9. The number of amides is 1. The minimum atomic E-state index is -0.546. The first kappa shape index (κ1) is 15.2. The molecule has 0 aliphatic carbocycles. The molecule has 1 atom stereocenters. The lowest BCUT2D eigenvalue weighted by molar-refractivity contribution is -0.139. The summed E-state index contributed by atoms with van der Waals surface area (Å²) in [6.45, 7) is 2.08. The fourth-order valence-corrected chi connectivity index (χ4v) is 2.08. The van der Waals surface area contributed by atoms with Crippen LogP contribution in [0.15, 0.2) is 22.7 Å². The van der Waals surface area contributed by atoms with Gasteiger partial charge in [0, 0.05) is 11.0 Å². The van der Waals surface area contributed by atoms with Crippen LogP contribution in [0.4, 0.5) is 0 Å². The molecule has 0 bridgehead atoms. The molecule has 0 aliphatic heterocycles. The molecule has 0 aliphatic rings. The number of halogens is 2. The smallest absolute Gasteiger partial charge is 0.321 e. The maximum Gasteiger partial charge on any atom is 0.321 e. The van der Waals surface area contributed by atoms with Crippen molar-refractivity contribution in [2.24, 2.45) is 0 Å². The molecule has 0 saturated heterocycles. The van der Waals surface area contributed by atoms with Gasteiger partial charge in [0.1, 0.15) is 4.83 Å². The van der Waals surface area contributed by atoms with E-state index in [1.807, 2.05) is 19.1 Å². The van der Waals surface area contributed by atoms with E-state index in [2.05, 4.69) is 41.9 Å². The van der Waals surface area contributed by atoms with E-state index < -0.39 is 10.8 Å². The van der Waals surface area contributed by atoms with Crippen molar-refractivity contribution in [3.63, 3.8) is 0 Å². The Morgan fingerprint density at radius 2 is 2.11 bits per heavy atom. The van der Waals surface area contributed by atoms with Gasteiger partial charge in [0.15, 0.2) is 0 Å². The monoisotopic (exact) mass is 377 g/mol. The van der Waals surface area contributed by atoms with E-state index in [4.69, 9.17) is 0 Å². The molecule has 1 amide bonds. The fourth-order valence-electron chi connectivity index (χ4n) is 1.30. The van der Waals surface area contributed by atoms with Gasteiger partial charge in [-0.25, -0.2) is 0 Å². The van der Waals surface area contributed by atoms with Crippen LogP contribution in [-0.4, -0.2) is 30.4 Å². The number of alkyl halides is 1. The molecule has 6 heteroatoms. The molecule has 18 heavy (non-hydrogen) atoms. The van der Waals surface area contributed by atoms with Crippen molar-refractivity contribution in [1.82, 2.24) is 5.32 Å². The maximum atomic E-state index is 11.9. The van der Waals surface area contributed by atoms with Crippen molar-refractivity contribution >= 4 is 43.7 Å². The van der Waals surface area contributed by atoms with Crippen LogP contribution in [0.2, 0.25) is 0 Å². The Labute approximate surface area is 122 Å². The third-order valence-electron chi connectivity index (χ3n) is 2.27. The third-order valence-corrected chi connectivity index (χ3v) is 3.65. The first-order chi connectivity index (χ1) is 8.45. The summed E-state index contributed by atoms with van der Waals surface area (Å²) in [5.41, 5.74) is 1.53. The minimum Gasteiger partial charge on any atom is -0.468 e.